The standard InChI is InChI=1S/C15H23IN2/c1-12(2)11-15(18-9-7-17-8-10-18)13-5-3-4-6-14(13)16/h3-6,12,15,17H,7-11H2,1-2H3/t15-/m1/s1. The van der Waals surface area contributed by atoms with E-state index >= 15 is 0 Å². The van der Waals surface area contributed by atoms with Crippen LogP contribution in [0.1, 0.15) is 31.9 Å². The van der Waals surface area contributed by atoms with Gasteiger partial charge in [0.15, 0.2) is 0 Å². The largest absolute Gasteiger partial charge is 0.314 e. The topological polar surface area (TPSA) is 15.3 Å². The van der Waals surface area contributed by atoms with E-state index in [9.17, 15) is 0 Å². The molecule has 1 fully saturated rings. The molecule has 100 valence electrons. The van der Waals surface area contributed by atoms with Crippen LogP contribution in [0.15, 0.2) is 24.3 Å². The van der Waals surface area contributed by atoms with Crippen LogP contribution in [0.2, 0.25) is 0 Å². The van der Waals surface area contributed by atoms with Gasteiger partial charge in [-0.25, -0.2) is 0 Å². The van der Waals surface area contributed by atoms with Gasteiger partial charge in [-0.15, -0.1) is 0 Å². The van der Waals surface area contributed by atoms with Crippen molar-refractivity contribution in [3.05, 3.63) is 33.4 Å². The van der Waals surface area contributed by atoms with Crippen LogP contribution in [-0.2, 0) is 0 Å². The summed E-state index contributed by atoms with van der Waals surface area (Å²) in [7, 11) is 0. The molecule has 2 rings (SSSR count). The van der Waals surface area contributed by atoms with Crippen molar-refractivity contribution in [2.45, 2.75) is 26.3 Å². The van der Waals surface area contributed by atoms with E-state index in [1.165, 1.54) is 28.6 Å². The third kappa shape index (κ3) is 3.68. The third-order valence-electron chi connectivity index (χ3n) is 3.55. The van der Waals surface area contributed by atoms with E-state index in [4.69, 9.17) is 0 Å². The molecule has 1 saturated heterocycles. The Morgan fingerprint density at radius 2 is 1.89 bits per heavy atom. The highest BCUT2D eigenvalue weighted by molar-refractivity contribution is 14.1. The van der Waals surface area contributed by atoms with Crippen molar-refractivity contribution in [1.29, 1.82) is 0 Å². The quantitative estimate of drug-likeness (QED) is 0.831. The molecule has 1 aromatic carbocycles. The minimum absolute atomic E-state index is 0.584. The molecule has 1 aliphatic rings. The fourth-order valence-electron chi connectivity index (χ4n) is 2.66. The van der Waals surface area contributed by atoms with E-state index in [0.717, 1.165) is 19.0 Å². The Morgan fingerprint density at radius 3 is 2.50 bits per heavy atom. The van der Waals surface area contributed by atoms with Crippen LogP contribution in [0.4, 0.5) is 0 Å². The summed E-state index contributed by atoms with van der Waals surface area (Å²) in [5.41, 5.74) is 1.51. The van der Waals surface area contributed by atoms with E-state index in [1.807, 2.05) is 0 Å². The number of nitrogens with zero attached hydrogens (tertiary/aromatic N) is 1. The molecule has 1 aliphatic heterocycles. The zero-order valence-electron chi connectivity index (χ0n) is 11.3. The molecule has 1 aromatic rings. The summed E-state index contributed by atoms with van der Waals surface area (Å²) in [6.07, 6.45) is 1.25. The monoisotopic (exact) mass is 358 g/mol. The highest BCUT2D eigenvalue weighted by Gasteiger charge is 2.24. The van der Waals surface area contributed by atoms with Gasteiger partial charge in [-0.2, -0.15) is 0 Å². The molecule has 0 amide bonds. The average molecular weight is 358 g/mol. The maximum Gasteiger partial charge on any atom is 0.0362 e. The molecule has 0 unspecified atom stereocenters. The molecule has 18 heavy (non-hydrogen) atoms. The summed E-state index contributed by atoms with van der Waals surface area (Å²) < 4.78 is 1.40. The smallest absolute Gasteiger partial charge is 0.0362 e. The van der Waals surface area contributed by atoms with Crippen molar-refractivity contribution >= 4 is 22.6 Å². The van der Waals surface area contributed by atoms with Crippen molar-refractivity contribution in [3.8, 4) is 0 Å². The first-order valence-electron chi connectivity index (χ1n) is 6.87. The lowest BCUT2D eigenvalue weighted by Gasteiger charge is -2.36. The molecular weight excluding hydrogens is 335 g/mol. The fraction of sp³-hybridized carbons (Fsp3) is 0.600. The van der Waals surface area contributed by atoms with Crippen LogP contribution in [0.25, 0.3) is 0 Å². The Balaban J connectivity index is 2.21. The first kappa shape index (κ1) is 14.3. The van der Waals surface area contributed by atoms with Crippen molar-refractivity contribution in [2.75, 3.05) is 26.2 Å². The van der Waals surface area contributed by atoms with E-state index in [2.05, 4.69) is 70.9 Å². The van der Waals surface area contributed by atoms with Gasteiger partial charge in [0.05, 0.1) is 0 Å². The average Bonchev–Trinajstić information content (AvgIpc) is 2.38. The summed E-state index contributed by atoms with van der Waals surface area (Å²) in [5.74, 6) is 0.737. The van der Waals surface area contributed by atoms with Crippen LogP contribution >= 0.6 is 22.6 Å². The zero-order chi connectivity index (χ0) is 13.0. The van der Waals surface area contributed by atoms with Gasteiger partial charge in [-0.05, 0) is 46.6 Å². The molecule has 3 heteroatoms. The third-order valence-corrected chi connectivity index (χ3v) is 4.53. The molecule has 0 bridgehead atoms. The van der Waals surface area contributed by atoms with Crippen molar-refractivity contribution in [1.82, 2.24) is 10.2 Å². The maximum absolute atomic E-state index is 3.45. The lowest BCUT2D eigenvalue weighted by Crippen LogP contribution is -2.45. The predicted octanol–water partition coefficient (Wildman–Crippen LogP) is 3.28. The number of hydrogen-bond acceptors (Lipinski definition) is 2. The van der Waals surface area contributed by atoms with Crippen molar-refractivity contribution in [2.24, 2.45) is 5.92 Å². The van der Waals surface area contributed by atoms with Gasteiger partial charge in [0.1, 0.15) is 0 Å². The summed E-state index contributed by atoms with van der Waals surface area (Å²) in [6, 6.07) is 9.42. The molecule has 0 radical (unpaired) electrons. The highest BCUT2D eigenvalue weighted by atomic mass is 127. The number of rotatable bonds is 4. The van der Waals surface area contributed by atoms with Gasteiger partial charge in [-0.3, -0.25) is 4.90 Å². The molecule has 0 spiro atoms. The summed E-state index contributed by atoms with van der Waals surface area (Å²) >= 11 is 2.48. The first-order chi connectivity index (χ1) is 8.68. The molecule has 1 atom stereocenters. The van der Waals surface area contributed by atoms with E-state index in [0.29, 0.717) is 6.04 Å². The fourth-order valence-corrected chi connectivity index (χ4v) is 3.41. The van der Waals surface area contributed by atoms with Crippen LogP contribution in [0, 0.1) is 9.49 Å². The highest BCUT2D eigenvalue weighted by Crippen LogP contribution is 2.31. The Hall–Kier alpha value is -0.130. The molecule has 2 nitrogen and oxygen atoms in total. The molecule has 0 saturated carbocycles. The Kier molecular flexibility index (Phi) is 5.45. The molecular formula is C15H23IN2. The Bertz CT molecular complexity index is 373. The maximum atomic E-state index is 3.45. The van der Waals surface area contributed by atoms with Gasteiger partial charge >= 0.3 is 0 Å². The van der Waals surface area contributed by atoms with Gasteiger partial charge in [-0.1, -0.05) is 32.0 Å². The number of piperazine rings is 1. The van der Waals surface area contributed by atoms with Gasteiger partial charge in [0.2, 0.25) is 0 Å². The summed E-state index contributed by atoms with van der Waals surface area (Å²) in [4.78, 5) is 2.65. The molecule has 1 N–H and O–H groups in total. The number of halogens is 1. The van der Waals surface area contributed by atoms with Gasteiger partial charge < -0.3 is 5.32 Å². The molecule has 0 aromatic heterocycles. The Morgan fingerprint density at radius 1 is 1.22 bits per heavy atom. The number of benzene rings is 1. The van der Waals surface area contributed by atoms with E-state index < -0.39 is 0 Å². The van der Waals surface area contributed by atoms with Crippen LogP contribution in [0.3, 0.4) is 0 Å². The molecule has 0 aliphatic carbocycles. The van der Waals surface area contributed by atoms with Gasteiger partial charge in [0.25, 0.3) is 0 Å². The van der Waals surface area contributed by atoms with E-state index in [1.54, 1.807) is 0 Å². The Labute approximate surface area is 124 Å². The second-order valence-corrected chi connectivity index (χ2v) is 6.62. The lowest BCUT2D eigenvalue weighted by atomic mass is 9.95. The number of nitrogens with one attached hydrogen (secondary N) is 1. The van der Waals surface area contributed by atoms with Crippen molar-refractivity contribution < 1.29 is 0 Å². The summed E-state index contributed by atoms with van der Waals surface area (Å²) in [6.45, 7) is 9.23. The minimum Gasteiger partial charge on any atom is -0.314 e. The van der Waals surface area contributed by atoms with Crippen LogP contribution in [-0.4, -0.2) is 31.1 Å². The lowest BCUT2D eigenvalue weighted by molar-refractivity contribution is 0.153. The van der Waals surface area contributed by atoms with Crippen LogP contribution < -0.4 is 5.32 Å². The van der Waals surface area contributed by atoms with Gasteiger partial charge in [0, 0.05) is 35.8 Å². The minimum atomic E-state index is 0.584. The number of hydrogen-bond donors (Lipinski definition) is 1. The van der Waals surface area contributed by atoms with E-state index in [-0.39, 0.29) is 0 Å². The molecule has 1 heterocycles. The normalized spacial score (nSPS) is 19.1. The van der Waals surface area contributed by atoms with Crippen molar-refractivity contribution in [3.63, 3.8) is 0 Å². The summed E-state index contributed by atoms with van der Waals surface area (Å²) in [5, 5.41) is 3.45. The second kappa shape index (κ2) is 6.87. The zero-order valence-corrected chi connectivity index (χ0v) is 13.5. The predicted molar refractivity (Wildman–Crippen MR) is 85.8 cm³/mol. The first-order valence-corrected chi connectivity index (χ1v) is 7.95. The second-order valence-electron chi connectivity index (χ2n) is 5.45. The SMILES string of the molecule is CC(C)C[C@H](c1ccccc1I)N1CCNCC1. The van der Waals surface area contributed by atoms with Crippen LogP contribution in [0.5, 0.6) is 0 Å².